The van der Waals surface area contributed by atoms with Gasteiger partial charge in [-0.05, 0) is 62.4 Å². The molecule has 0 aromatic heterocycles. The van der Waals surface area contributed by atoms with Gasteiger partial charge in [-0.2, -0.15) is 0 Å². The molecule has 0 spiro atoms. The maximum absolute atomic E-state index is 6.44. The SMILES string of the molecule is C=C(C)COc1cccc(CC2CCCNC2)c1Cl. The lowest BCUT2D eigenvalue weighted by molar-refractivity contribution is 0.350. The van der Waals surface area contributed by atoms with Crippen molar-refractivity contribution in [1.82, 2.24) is 5.32 Å². The van der Waals surface area contributed by atoms with Crippen molar-refractivity contribution < 1.29 is 4.74 Å². The summed E-state index contributed by atoms with van der Waals surface area (Å²) < 4.78 is 5.68. The molecule has 1 saturated heterocycles. The van der Waals surface area contributed by atoms with Crippen LogP contribution in [0.3, 0.4) is 0 Å². The van der Waals surface area contributed by atoms with Crippen molar-refractivity contribution in [1.29, 1.82) is 0 Å². The van der Waals surface area contributed by atoms with Gasteiger partial charge in [0.25, 0.3) is 0 Å². The fourth-order valence-corrected chi connectivity index (χ4v) is 2.69. The van der Waals surface area contributed by atoms with Gasteiger partial charge in [0, 0.05) is 0 Å². The highest BCUT2D eigenvalue weighted by Crippen LogP contribution is 2.31. The van der Waals surface area contributed by atoms with Crippen molar-refractivity contribution in [2.24, 2.45) is 5.92 Å². The van der Waals surface area contributed by atoms with Crippen molar-refractivity contribution in [2.75, 3.05) is 19.7 Å². The molecule has 2 rings (SSSR count). The summed E-state index contributed by atoms with van der Waals surface area (Å²) in [5.74, 6) is 1.45. The summed E-state index contributed by atoms with van der Waals surface area (Å²) >= 11 is 6.44. The molecule has 2 nitrogen and oxygen atoms in total. The molecule has 0 aliphatic carbocycles. The van der Waals surface area contributed by atoms with E-state index >= 15 is 0 Å². The zero-order valence-corrected chi connectivity index (χ0v) is 12.3. The number of hydrogen-bond donors (Lipinski definition) is 1. The fraction of sp³-hybridized carbons (Fsp3) is 0.500. The Bertz CT molecular complexity index is 438. The maximum Gasteiger partial charge on any atom is 0.138 e. The van der Waals surface area contributed by atoms with E-state index in [4.69, 9.17) is 16.3 Å². The lowest BCUT2D eigenvalue weighted by Crippen LogP contribution is -2.30. The molecule has 0 saturated carbocycles. The molecule has 0 bridgehead atoms. The first-order valence-electron chi connectivity index (χ1n) is 6.92. The van der Waals surface area contributed by atoms with Crippen molar-refractivity contribution >= 4 is 11.6 Å². The standard InChI is InChI=1S/C16H22ClNO/c1-12(2)11-19-15-7-3-6-14(16(15)17)9-13-5-4-8-18-10-13/h3,6-7,13,18H,1,4-5,8-11H2,2H3. The number of hydrogen-bond acceptors (Lipinski definition) is 2. The molecule has 104 valence electrons. The van der Waals surface area contributed by atoms with E-state index in [9.17, 15) is 0 Å². The smallest absolute Gasteiger partial charge is 0.138 e. The number of rotatable bonds is 5. The summed E-state index contributed by atoms with van der Waals surface area (Å²) in [5, 5.41) is 4.20. The molecule has 1 fully saturated rings. The lowest BCUT2D eigenvalue weighted by Gasteiger charge is -2.23. The molecule has 0 amide bonds. The van der Waals surface area contributed by atoms with Crippen LogP contribution >= 0.6 is 11.6 Å². The van der Waals surface area contributed by atoms with Crippen LogP contribution in [-0.2, 0) is 6.42 Å². The number of piperidine rings is 1. The number of ether oxygens (including phenoxy) is 1. The third-order valence-electron chi connectivity index (χ3n) is 3.42. The first-order chi connectivity index (χ1) is 9.16. The quantitative estimate of drug-likeness (QED) is 0.827. The van der Waals surface area contributed by atoms with Crippen LogP contribution in [0.5, 0.6) is 5.75 Å². The highest BCUT2D eigenvalue weighted by molar-refractivity contribution is 6.32. The fourth-order valence-electron chi connectivity index (χ4n) is 2.44. The van der Waals surface area contributed by atoms with E-state index in [1.54, 1.807) is 0 Å². The first kappa shape index (κ1) is 14.4. The van der Waals surface area contributed by atoms with Crippen LogP contribution in [0.2, 0.25) is 5.02 Å². The molecule has 3 heteroatoms. The number of nitrogens with one attached hydrogen (secondary N) is 1. The number of benzene rings is 1. The van der Waals surface area contributed by atoms with Gasteiger partial charge in [0.15, 0.2) is 0 Å². The summed E-state index contributed by atoms with van der Waals surface area (Å²) in [6.07, 6.45) is 3.56. The Labute approximate surface area is 120 Å². The molecule has 1 unspecified atom stereocenters. The second-order valence-electron chi connectivity index (χ2n) is 5.39. The number of halogens is 1. The molecular formula is C16H22ClNO. The second-order valence-corrected chi connectivity index (χ2v) is 5.77. The van der Waals surface area contributed by atoms with Crippen LogP contribution in [0, 0.1) is 5.92 Å². The maximum atomic E-state index is 6.44. The van der Waals surface area contributed by atoms with Crippen LogP contribution in [0.4, 0.5) is 0 Å². The van der Waals surface area contributed by atoms with Crippen LogP contribution in [0.25, 0.3) is 0 Å². The topological polar surface area (TPSA) is 21.3 Å². The molecule has 0 radical (unpaired) electrons. The molecule has 19 heavy (non-hydrogen) atoms. The van der Waals surface area contributed by atoms with Gasteiger partial charge in [-0.3, -0.25) is 0 Å². The molecule has 1 aromatic carbocycles. The van der Waals surface area contributed by atoms with Crippen LogP contribution < -0.4 is 10.1 Å². The largest absolute Gasteiger partial charge is 0.488 e. The predicted octanol–water partition coefficient (Wildman–Crippen LogP) is 3.84. The van der Waals surface area contributed by atoms with Gasteiger partial charge in [-0.1, -0.05) is 30.3 Å². The Morgan fingerprint density at radius 1 is 1.53 bits per heavy atom. The van der Waals surface area contributed by atoms with Gasteiger partial charge >= 0.3 is 0 Å². The zero-order valence-electron chi connectivity index (χ0n) is 11.5. The van der Waals surface area contributed by atoms with Crippen LogP contribution in [0.15, 0.2) is 30.4 Å². The van der Waals surface area contributed by atoms with Crippen LogP contribution in [0.1, 0.15) is 25.3 Å². The Balaban J connectivity index is 2.03. The van der Waals surface area contributed by atoms with E-state index in [0.717, 1.165) is 35.9 Å². The van der Waals surface area contributed by atoms with E-state index in [1.807, 2.05) is 19.1 Å². The van der Waals surface area contributed by atoms with Crippen molar-refractivity contribution in [3.8, 4) is 5.75 Å². The first-order valence-corrected chi connectivity index (χ1v) is 7.30. The van der Waals surface area contributed by atoms with Gasteiger partial charge in [0.1, 0.15) is 12.4 Å². The summed E-state index contributed by atoms with van der Waals surface area (Å²) in [4.78, 5) is 0. The molecule has 1 aliphatic rings. The van der Waals surface area contributed by atoms with E-state index in [1.165, 1.54) is 18.4 Å². The van der Waals surface area contributed by atoms with Gasteiger partial charge in [-0.25, -0.2) is 0 Å². The second kappa shape index (κ2) is 6.97. The predicted molar refractivity (Wildman–Crippen MR) is 81.1 cm³/mol. The normalized spacial score (nSPS) is 19.2. The highest BCUT2D eigenvalue weighted by Gasteiger charge is 2.16. The third kappa shape index (κ3) is 4.26. The minimum absolute atomic E-state index is 0.522. The van der Waals surface area contributed by atoms with Crippen molar-refractivity contribution in [3.63, 3.8) is 0 Å². The highest BCUT2D eigenvalue weighted by atomic mass is 35.5. The summed E-state index contributed by atoms with van der Waals surface area (Å²) in [5.41, 5.74) is 2.19. The summed E-state index contributed by atoms with van der Waals surface area (Å²) in [6.45, 7) is 8.55. The van der Waals surface area contributed by atoms with Crippen molar-refractivity contribution in [2.45, 2.75) is 26.2 Å². The average Bonchev–Trinajstić information content (AvgIpc) is 2.41. The third-order valence-corrected chi connectivity index (χ3v) is 3.85. The van der Waals surface area contributed by atoms with E-state index in [-0.39, 0.29) is 0 Å². The zero-order chi connectivity index (χ0) is 13.7. The minimum atomic E-state index is 0.522. The molecule has 1 aromatic rings. The van der Waals surface area contributed by atoms with Gasteiger partial charge < -0.3 is 10.1 Å². The molecule has 1 heterocycles. The van der Waals surface area contributed by atoms with Crippen LogP contribution in [-0.4, -0.2) is 19.7 Å². The Kier molecular flexibility index (Phi) is 5.29. The van der Waals surface area contributed by atoms with Gasteiger partial charge in [0.05, 0.1) is 5.02 Å². The van der Waals surface area contributed by atoms with E-state index < -0.39 is 0 Å². The Hall–Kier alpha value is -0.990. The lowest BCUT2D eigenvalue weighted by atomic mass is 9.92. The van der Waals surface area contributed by atoms with Crippen molar-refractivity contribution in [3.05, 3.63) is 40.9 Å². The van der Waals surface area contributed by atoms with Gasteiger partial charge in [0.2, 0.25) is 0 Å². The monoisotopic (exact) mass is 279 g/mol. The molecule has 1 N–H and O–H groups in total. The molecule has 1 aliphatic heterocycles. The molecule has 1 atom stereocenters. The van der Waals surface area contributed by atoms with Gasteiger partial charge in [-0.15, -0.1) is 0 Å². The summed E-state index contributed by atoms with van der Waals surface area (Å²) in [6, 6.07) is 6.05. The van der Waals surface area contributed by atoms with E-state index in [2.05, 4.69) is 18.0 Å². The summed E-state index contributed by atoms with van der Waals surface area (Å²) in [7, 11) is 0. The minimum Gasteiger partial charge on any atom is -0.488 e. The van der Waals surface area contributed by atoms with E-state index in [0.29, 0.717) is 12.5 Å². The Morgan fingerprint density at radius 3 is 3.05 bits per heavy atom. The molecular weight excluding hydrogens is 258 g/mol. The Morgan fingerprint density at radius 2 is 2.37 bits per heavy atom. The average molecular weight is 280 g/mol.